The molecule has 0 aliphatic carbocycles. The molecule has 0 radical (unpaired) electrons. The normalized spacial score (nSPS) is 18.7. The molecule has 42 heavy (non-hydrogen) atoms. The second-order valence-electron chi connectivity index (χ2n) is 8.54. The number of nitrogens with zero attached hydrogens (tertiary/aromatic N) is 5. The summed E-state index contributed by atoms with van der Waals surface area (Å²) in [7, 11) is -3.73. The fourth-order valence-electron chi connectivity index (χ4n) is 4.03. The summed E-state index contributed by atoms with van der Waals surface area (Å²) in [6, 6.07) is 4.40. The van der Waals surface area contributed by atoms with Crippen LogP contribution in [0, 0.1) is 0 Å². The maximum absolute atomic E-state index is 13.3. The van der Waals surface area contributed by atoms with Gasteiger partial charge in [0.15, 0.2) is 18.9 Å². The van der Waals surface area contributed by atoms with Crippen LogP contribution in [0.2, 0.25) is 0 Å². The van der Waals surface area contributed by atoms with Crippen LogP contribution in [0.5, 0.6) is 0 Å². The third-order valence-electron chi connectivity index (χ3n) is 5.71. The Balaban J connectivity index is 1.52. The summed E-state index contributed by atoms with van der Waals surface area (Å²) in [6.45, 7) is 7.25. The maximum Gasteiger partial charge on any atom is 0.434 e. The van der Waals surface area contributed by atoms with Crippen molar-refractivity contribution in [1.29, 1.82) is 0 Å². The number of amides is 2. The molecule has 0 saturated carbocycles. The molecule has 1 saturated heterocycles. The van der Waals surface area contributed by atoms with Crippen LogP contribution in [-0.2, 0) is 39.4 Å². The molecule has 2 N–H and O–H groups in total. The molecule has 4 heterocycles. The Labute approximate surface area is 249 Å². The first kappa shape index (κ1) is 31.3. The van der Waals surface area contributed by atoms with Gasteiger partial charge in [-0.1, -0.05) is 23.9 Å². The molecule has 2 atom stereocenters. The largest absolute Gasteiger partial charge is 0.543 e. The zero-order valence-electron chi connectivity index (χ0n) is 22.6. The highest BCUT2D eigenvalue weighted by Gasteiger charge is 2.53. The van der Waals surface area contributed by atoms with Crippen LogP contribution in [0.4, 0.5) is 5.13 Å². The predicted molar refractivity (Wildman–Crippen MR) is 151 cm³/mol. The van der Waals surface area contributed by atoms with Crippen molar-refractivity contribution in [2.24, 2.45) is 5.16 Å². The van der Waals surface area contributed by atoms with E-state index in [1.54, 1.807) is 30.8 Å². The van der Waals surface area contributed by atoms with Gasteiger partial charge in [0.2, 0.25) is 16.7 Å². The number of thioether (sulfide) groups is 1. The molecule has 224 valence electrons. The number of aliphatic carboxylic acids is 1. The Bertz CT molecular complexity index is 1440. The number of anilines is 1. The number of carboxylic acid groups (broad SMARTS) is 1. The van der Waals surface area contributed by atoms with E-state index < -0.39 is 36.9 Å². The van der Waals surface area contributed by atoms with Crippen molar-refractivity contribution in [3.8, 4) is 0 Å². The highest BCUT2D eigenvalue weighted by atomic mass is 32.2. The van der Waals surface area contributed by atoms with Crippen LogP contribution < -0.4 is 20.1 Å². The van der Waals surface area contributed by atoms with E-state index in [0.29, 0.717) is 11.3 Å². The Kier molecular flexibility index (Phi) is 10.5. The molecule has 2 aliphatic rings. The van der Waals surface area contributed by atoms with Gasteiger partial charge in [0.1, 0.15) is 18.0 Å². The first-order chi connectivity index (χ1) is 20.2. The summed E-state index contributed by atoms with van der Waals surface area (Å²) in [4.78, 5) is 48.9. The van der Waals surface area contributed by atoms with Gasteiger partial charge in [0, 0.05) is 35.0 Å². The second kappa shape index (κ2) is 14.0. The van der Waals surface area contributed by atoms with Crippen LogP contribution >= 0.6 is 31.0 Å². The smallest absolute Gasteiger partial charge is 0.434 e. The summed E-state index contributed by atoms with van der Waals surface area (Å²) >= 11 is 2.08. The highest BCUT2D eigenvalue weighted by Crippen LogP contribution is 2.48. The SMILES string of the molecule is C=CCON=C(C(=O)NC1C(=O)N2C(C(=O)[O-])=C(C[n+]3ccccc3)CS[C@H]12)c1nsc(NP(=O)(OCC)OCC)n1. The maximum atomic E-state index is 13.3. The molecule has 1 fully saturated rings. The molecule has 18 heteroatoms. The van der Waals surface area contributed by atoms with Gasteiger partial charge in [-0.05, 0) is 13.8 Å². The lowest BCUT2D eigenvalue weighted by molar-refractivity contribution is -0.689. The second-order valence-corrected chi connectivity index (χ2v) is 12.1. The average Bonchev–Trinajstić information content (AvgIpc) is 3.41. The quantitative estimate of drug-likeness (QED) is 0.0522. The van der Waals surface area contributed by atoms with Gasteiger partial charge in [-0.15, -0.1) is 11.8 Å². The number of nitrogens with one attached hydrogen (secondary N) is 2. The van der Waals surface area contributed by atoms with E-state index in [1.165, 1.54) is 17.8 Å². The molecule has 0 bridgehead atoms. The lowest BCUT2D eigenvalue weighted by atomic mass is 10.0. The van der Waals surface area contributed by atoms with Crippen molar-refractivity contribution in [3.63, 3.8) is 0 Å². The summed E-state index contributed by atoms with van der Waals surface area (Å²) in [5.41, 5.74) is -0.0693. The minimum atomic E-state index is -3.73. The number of carbonyl (C=O) groups is 3. The third-order valence-corrected chi connectivity index (χ3v) is 9.51. The molecule has 2 aliphatic heterocycles. The Morgan fingerprint density at radius 1 is 1.29 bits per heavy atom. The molecule has 2 aromatic heterocycles. The van der Waals surface area contributed by atoms with Crippen molar-refractivity contribution in [2.45, 2.75) is 31.8 Å². The first-order valence-corrected chi connectivity index (χ1v) is 16.0. The lowest BCUT2D eigenvalue weighted by Crippen LogP contribution is -2.71. The fourth-order valence-corrected chi connectivity index (χ4v) is 7.45. The number of β-lactam (4-membered cyclic amide) rings is 1. The number of hydrogen-bond acceptors (Lipinski definition) is 13. The third kappa shape index (κ3) is 7.04. The lowest BCUT2D eigenvalue weighted by Gasteiger charge is -2.50. The number of carboxylic acids is 1. The highest BCUT2D eigenvalue weighted by molar-refractivity contribution is 8.00. The van der Waals surface area contributed by atoms with Crippen LogP contribution in [-0.4, -0.2) is 74.7 Å². The molecule has 2 amide bonds. The Morgan fingerprint density at radius 2 is 2.00 bits per heavy atom. The number of rotatable bonds is 15. The molecule has 15 nitrogen and oxygen atoms in total. The minimum Gasteiger partial charge on any atom is -0.543 e. The number of aromatic nitrogens is 3. The van der Waals surface area contributed by atoms with Gasteiger partial charge in [0.25, 0.3) is 11.8 Å². The van der Waals surface area contributed by atoms with Gasteiger partial charge in [-0.25, -0.2) is 9.13 Å². The van der Waals surface area contributed by atoms with Gasteiger partial charge in [-0.2, -0.15) is 9.36 Å². The molecular weight excluding hydrogens is 609 g/mol. The predicted octanol–water partition coefficient (Wildman–Crippen LogP) is 0.429. The summed E-state index contributed by atoms with van der Waals surface area (Å²) in [5, 5.41) is 20.4. The number of fused-ring (bicyclic) bond motifs is 1. The number of pyridine rings is 1. The van der Waals surface area contributed by atoms with Crippen molar-refractivity contribution >= 4 is 59.7 Å². The molecular formula is C24H28N7O8PS2. The van der Waals surface area contributed by atoms with E-state index in [2.05, 4.69) is 31.5 Å². The summed E-state index contributed by atoms with van der Waals surface area (Å²) in [6.07, 6.45) is 4.98. The van der Waals surface area contributed by atoms with Gasteiger partial charge in [-0.3, -0.25) is 28.6 Å². The van der Waals surface area contributed by atoms with E-state index in [1.807, 2.05) is 18.2 Å². The van der Waals surface area contributed by atoms with Crippen molar-refractivity contribution in [2.75, 3.05) is 30.7 Å². The van der Waals surface area contributed by atoms with Gasteiger partial charge >= 0.3 is 7.75 Å². The van der Waals surface area contributed by atoms with Crippen molar-refractivity contribution < 1.29 is 42.5 Å². The van der Waals surface area contributed by atoms with Crippen molar-refractivity contribution in [3.05, 3.63) is 60.3 Å². The Morgan fingerprint density at radius 3 is 2.64 bits per heavy atom. The molecule has 2 aromatic rings. The van der Waals surface area contributed by atoms with Crippen LogP contribution in [0.15, 0.2) is 59.7 Å². The summed E-state index contributed by atoms with van der Waals surface area (Å²) < 4.78 is 29.1. The van der Waals surface area contributed by atoms with Crippen LogP contribution in [0.1, 0.15) is 19.7 Å². The average molecular weight is 638 g/mol. The first-order valence-electron chi connectivity index (χ1n) is 12.7. The monoisotopic (exact) mass is 637 g/mol. The minimum absolute atomic E-state index is 0.0285. The van der Waals surface area contributed by atoms with Gasteiger partial charge in [0.05, 0.1) is 24.9 Å². The number of carbonyl (C=O) groups excluding carboxylic acids is 3. The Hall–Kier alpha value is -3.63. The topological polar surface area (TPSA) is 188 Å². The summed E-state index contributed by atoms with van der Waals surface area (Å²) in [5.74, 6) is -2.82. The van der Waals surface area contributed by atoms with Gasteiger partial charge < -0.3 is 20.1 Å². The van der Waals surface area contributed by atoms with E-state index >= 15 is 0 Å². The zero-order valence-corrected chi connectivity index (χ0v) is 25.2. The molecule has 4 rings (SSSR count). The van der Waals surface area contributed by atoms with E-state index in [4.69, 9.17) is 13.9 Å². The van der Waals surface area contributed by atoms with Crippen LogP contribution in [0.25, 0.3) is 0 Å². The molecule has 0 spiro atoms. The zero-order chi connectivity index (χ0) is 30.3. The van der Waals surface area contributed by atoms with Crippen LogP contribution in [0.3, 0.4) is 0 Å². The van der Waals surface area contributed by atoms with E-state index in [9.17, 15) is 24.1 Å². The molecule has 1 unspecified atom stereocenters. The van der Waals surface area contributed by atoms with Crippen molar-refractivity contribution in [1.82, 2.24) is 19.6 Å². The van der Waals surface area contributed by atoms with E-state index in [-0.39, 0.29) is 48.7 Å². The molecule has 0 aromatic carbocycles. The van der Waals surface area contributed by atoms with E-state index in [0.717, 1.165) is 16.4 Å². The fraction of sp³-hybridized carbons (Fsp3) is 0.375. The number of hydrogen-bond donors (Lipinski definition) is 2. The number of oxime groups is 1. The standard InChI is InChI=1S/C24H28N7O8PS2/c1-4-12-37-27-16(19-26-24(42-29-19)28-40(36,38-5-2)39-6-3)20(32)25-17-21(33)31-18(23(34)35)15(14-41-22(17)31)13-30-10-8-7-9-11-30/h4,7-11,17,22H,1,5-6,12-14H2,2-3H3,(H2-,25,26,28,29,32,34,35,36)/t17?,22-/m1/s1.